The van der Waals surface area contributed by atoms with Crippen molar-refractivity contribution < 1.29 is 14.3 Å². The predicted octanol–water partition coefficient (Wildman–Crippen LogP) is 7.12. The van der Waals surface area contributed by atoms with Crippen molar-refractivity contribution in [3.05, 3.63) is 104 Å². The minimum Gasteiger partial charge on any atom is -0.487 e. The fraction of sp³-hybridized carbons (Fsp3) is 0.120. The van der Waals surface area contributed by atoms with Crippen LogP contribution in [0.5, 0.6) is 5.75 Å². The molecule has 4 nitrogen and oxygen atoms in total. The van der Waals surface area contributed by atoms with Gasteiger partial charge in [0, 0.05) is 5.02 Å². The molecule has 0 bridgehead atoms. The van der Waals surface area contributed by atoms with Crippen molar-refractivity contribution in [3.63, 3.8) is 0 Å². The summed E-state index contributed by atoms with van der Waals surface area (Å²) in [6.45, 7) is 2.64. The molecule has 7 heteroatoms. The van der Waals surface area contributed by atoms with Gasteiger partial charge in [0.05, 0.1) is 16.5 Å². The van der Waals surface area contributed by atoms with Gasteiger partial charge in [-0.05, 0) is 65.7 Å². The van der Waals surface area contributed by atoms with Gasteiger partial charge in [-0.25, -0.2) is 0 Å². The molecule has 0 aromatic heterocycles. The summed E-state index contributed by atoms with van der Waals surface area (Å²) >= 11 is 13.2. The van der Waals surface area contributed by atoms with E-state index in [-0.39, 0.29) is 17.7 Å². The lowest BCUT2D eigenvalue weighted by molar-refractivity contribution is -0.123. The molecule has 162 valence electrons. The lowest BCUT2D eigenvalue weighted by Gasteiger charge is -2.12. The summed E-state index contributed by atoms with van der Waals surface area (Å²) < 4.78 is 5.82. The first-order valence-corrected chi connectivity index (χ1v) is 11.4. The van der Waals surface area contributed by atoms with Crippen molar-refractivity contribution in [1.82, 2.24) is 4.90 Å². The lowest BCUT2D eigenvalue weighted by atomic mass is 10.1. The molecular formula is C25H19Cl2NO3S. The van der Waals surface area contributed by atoms with Crippen LogP contribution in [-0.2, 0) is 17.9 Å². The summed E-state index contributed by atoms with van der Waals surface area (Å²) in [5, 5.41) is 0.734. The predicted molar refractivity (Wildman–Crippen MR) is 130 cm³/mol. The van der Waals surface area contributed by atoms with Crippen molar-refractivity contribution in [2.45, 2.75) is 20.1 Å². The molecule has 1 aliphatic rings. The smallest absolute Gasteiger partial charge is 0.293 e. The van der Waals surface area contributed by atoms with E-state index in [1.807, 2.05) is 37.3 Å². The number of benzene rings is 3. The summed E-state index contributed by atoms with van der Waals surface area (Å²) in [7, 11) is 0. The third-order valence-electron chi connectivity index (χ3n) is 4.90. The molecule has 0 aliphatic carbocycles. The van der Waals surface area contributed by atoms with Gasteiger partial charge in [0.25, 0.3) is 11.1 Å². The van der Waals surface area contributed by atoms with E-state index in [0.717, 1.165) is 28.5 Å². The van der Waals surface area contributed by atoms with Gasteiger partial charge < -0.3 is 4.74 Å². The van der Waals surface area contributed by atoms with Crippen LogP contribution in [0.25, 0.3) is 6.08 Å². The van der Waals surface area contributed by atoms with Gasteiger partial charge in [0.15, 0.2) is 0 Å². The highest BCUT2D eigenvalue weighted by Crippen LogP contribution is 2.35. The van der Waals surface area contributed by atoms with Crippen molar-refractivity contribution in [1.29, 1.82) is 0 Å². The van der Waals surface area contributed by atoms with Gasteiger partial charge in [0.2, 0.25) is 0 Å². The highest BCUT2D eigenvalue weighted by Gasteiger charge is 2.35. The Hall–Kier alpha value is -2.73. The first-order chi connectivity index (χ1) is 15.4. The minimum absolute atomic E-state index is 0.200. The van der Waals surface area contributed by atoms with Crippen LogP contribution in [0, 0.1) is 6.92 Å². The number of imide groups is 1. The van der Waals surface area contributed by atoms with Crippen molar-refractivity contribution >= 4 is 52.2 Å². The first kappa shape index (κ1) is 22.5. The van der Waals surface area contributed by atoms with Crippen LogP contribution in [0.2, 0.25) is 10.0 Å². The second-order valence-corrected chi connectivity index (χ2v) is 9.20. The largest absolute Gasteiger partial charge is 0.487 e. The number of nitrogens with zero attached hydrogens (tertiary/aromatic N) is 1. The standard InChI is InChI=1S/C25H19Cl2NO3S/c1-16-2-4-18(5-3-16)15-31-22-11-8-19(12-21(22)27)13-23-24(29)28(25(30)32-23)14-17-6-9-20(26)10-7-17/h2-13H,14-15H2,1H3/b23-13-. The summed E-state index contributed by atoms with van der Waals surface area (Å²) in [4.78, 5) is 26.7. The molecule has 0 atom stereocenters. The van der Waals surface area contributed by atoms with Gasteiger partial charge in [-0.1, -0.05) is 71.2 Å². The number of aryl methyl sites for hydroxylation is 1. The van der Waals surface area contributed by atoms with Gasteiger partial charge in [-0.3, -0.25) is 14.5 Å². The summed E-state index contributed by atoms with van der Waals surface area (Å²) in [6, 6.07) is 20.4. The third kappa shape index (κ3) is 5.36. The Bertz CT molecular complexity index is 1190. The number of thioether (sulfide) groups is 1. The molecule has 0 unspecified atom stereocenters. The van der Waals surface area contributed by atoms with Gasteiger partial charge in [-0.2, -0.15) is 0 Å². The lowest BCUT2D eigenvalue weighted by Crippen LogP contribution is -2.27. The zero-order valence-corrected chi connectivity index (χ0v) is 19.5. The number of carbonyl (C=O) groups is 2. The summed E-state index contributed by atoms with van der Waals surface area (Å²) in [5.74, 6) is 0.228. The Kier molecular flexibility index (Phi) is 6.89. The molecule has 0 N–H and O–H groups in total. The minimum atomic E-state index is -0.328. The van der Waals surface area contributed by atoms with E-state index in [9.17, 15) is 9.59 Å². The SMILES string of the molecule is Cc1ccc(COc2ccc(/C=C3\SC(=O)N(Cc4ccc(Cl)cc4)C3=O)cc2Cl)cc1. The zero-order chi connectivity index (χ0) is 22.7. The molecule has 2 amide bonds. The summed E-state index contributed by atoms with van der Waals surface area (Å²) in [6.07, 6.45) is 1.67. The molecule has 3 aromatic rings. The molecule has 0 saturated carbocycles. The fourth-order valence-electron chi connectivity index (χ4n) is 3.13. The van der Waals surface area contributed by atoms with Crippen LogP contribution in [0.4, 0.5) is 4.79 Å². The van der Waals surface area contributed by atoms with Gasteiger partial charge >= 0.3 is 0 Å². The Morgan fingerprint density at radius 3 is 2.31 bits per heavy atom. The molecule has 3 aromatic carbocycles. The van der Waals surface area contributed by atoms with Crippen molar-refractivity contribution in [2.24, 2.45) is 0 Å². The molecule has 1 saturated heterocycles. The zero-order valence-electron chi connectivity index (χ0n) is 17.2. The molecule has 32 heavy (non-hydrogen) atoms. The Labute approximate surface area is 200 Å². The van der Waals surface area contributed by atoms with E-state index in [2.05, 4.69) is 0 Å². The van der Waals surface area contributed by atoms with E-state index in [4.69, 9.17) is 27.9 Å². The number of rotatable bonds is 6. The highest BCUT2D eigenvalue weighted by atomic mass is 35.5. The van der Waals surface area contributed by atoms with E-state index in [1.165, 1.54) is 10.5 Å². The number of halogens is 2. The van der Waals surface area contributed by atoms with Crippen molar-refractivity contribution in [2.75, 3.05) is 0 Å². The Morgan fingerprint density at radius 2 is 1.62 bits per heavy atom. The molecule has 1 heterocycles. The van der Waals surface area contributed by atoms with Gasteiger partial charge in [-0.15, -0.1) is 0 Å². The topological polar surface area (TPSA) is 46.6 Å². The average molecular weight is 484 g/mol. The van der Waals surface area contributed by atoms with Crippen LogP contribution in [-0.4, -0.2) is 16.0 Å². The number of carbonyl (C=O) groups excluding carboxylic acids is 2. The van der Waals surface area contributed by atoms with E-state index >= 15 is 0 Å². The molecule has 1 fully saturated rings. The number of hydrogen-bond acceptors (Lipinski definition) is 4. The summed E-state index contributed by atoms with van der Waals surface area (Å²) in [5.41, 5.74) is 3.78. The highest BCUT2D eigenvalue weighted by molar-refractivity contribution is 8.18. The Morgan fingerprint density at radius 1 is 0.938 bits per heavy atom. The average Bonchev–Trinajstić information content (AvgIpc) is 3.03. The fourth-order valence-corrected chi connectivity index (χ4v) is 4.34. The van der Waals surface area contributed by atoms with Gasteiger partial charge in [0.1, 0.15) is 12.4 Å². The van der Waals surface area contributed by atoms with E-state index in [1.54, 1.807) is 42.5 Å². The normalized spacial score (nSPS) is 15.0. The molecule has 4 rings (SSSR count). The first-order valence-electron chi connectivity index (χ1n) is 9.87. The maximum Gasteiger partial charge on any atom is 0.293 e. The number of ether oxygens (including phenoxy) is 1. The molecular weight excluding hydrogens is 465 g/mol. The van der Waals surface area contributed by atoms with Crippen LogP contribution in [0.15, 0.2) is 71.6 Å². The molecule has 0 spiro atoms. The molecule has 1 aliphatic heterocycles. The number of hydrogen-bond donors (Lipinski definition) is 0. The third-order valence-corrected chi connectivity index (χ3v) is 6.35. The Balaban J connectivity index is 1.44. The monoisotopic (exact) mass is 483 g/mol. The maximum absolute atomic E-state index is 12.8. The van der Waals surface area contributed by atoms with Crippen molar-refractivity contribution in [3.8, 4) is 5.75 Å². The second kappa shape index (κ2) is 9.82. The van der Waals surface area contributed by atoms with Crippen LogP contribution < -0.4 is 4.74 Å². The van der Waals surface area contributed by atoms with Crippen LogP contribution >= 0.6 is 35.0 Å². The number of amides is 2. The van der Waals surface area contributed by atoms with Crippen LogP contribution in [0.1, 0.15) is 22.3 Å². The maximum atomic E-state index is 12.8. The van der Waals surface area contributed by atoms with E-state index < -0.39 is 0 Å². The quantitative estimate of drug-likeness (QED) is 0.350. The molecule has 0 radical (unpaired) electrons. The second-order valence-electron chi connectivity index (χ2n) is 7.36. The van der Waals surface area contributed by atoms with Crippen LogP contribution in [0.3, 0.4) is 0 Å². The van der Waals surface area contributed by atoms with E-state index in [0.29, 0.717) is 27.3 Å².